The number of urea groups is 1. The van der Waals surface area contributed by atoms with Crippen molar-refractivity contribution in [1.29, 1.82) is 0 Å². The normalized spacial score (nSPS) is 22.4. The summed E-state index contributed by atoms with van der Waals surface area (Å²) in [7, 11) is 0. The standard InChI is InChI=1S/C16H30N2O3/c1-15(2,13-6-4-3-5-7-13)8-17-14(20)18-9-16(10-19)11-21-12-16/h13,19H,3-12H2,1-2H3,(H2,17,18,20). The molecule has 5 heteroatoms. The van der Waals surface area contributed by atoms with Gasteiger partial charge in [0, 0.05) is 13.1 Å². The fraction of sp³-hybridized carbons (Fsp3) is 0.938. The van der Waals surface area contributed by atoms with Crippen LogP contribution in [0.5, 0.6) is 0 Å². The lowest BCUT2D eigenvalue weighted by Gasteiger charge is -2.40. The maximum absolute atomic E-state index is 11.9. The van der Waals surface area contributed by atoms with Gasteiger partial charge < -0.3 is 20.5 Å². The van der Waals surface area contributed by atoms with Gasteiger partial charge in [0.15, 0.2) is 0 Å². The van der Waals surface area contributed by atoms with Crippen molar-refractivity contribution in [3.05, 3.63) is 0 Å². The van der Waals surface area contributed by atoms with Gasteiger partial charge in [0.1, 0.15) is 0 Å². The van der Waals surface area contributed by atoms with Crippen LogP contribution in [0.3, 0.4) is 0 Å². The summed E-state index contributed by atoms with van der Waals surface area (Å²) in [6.07, 6.45) is 6.55. The Morgan fingerprint density at radius 2 is 1.90 bits per heavy atom. The van der Waals surface area contributed by atoms with Crippen LogP contribution in [0, 0.1) is 16.7 Å². The Morgan fingerprint density at radius 3 is 2.43 bits per heavy atom. The number of carbonyl (C=O) groups excluding carboxylic acids is 1. The van der Waals surface area contributed by atoms with E-state index < -0.39 is 0 Å². The van der Waals surface area contributed by atoms with E-state index in [-0.39, 0.29) is 23.5 Å². The van der Waals surface area contributed by atoms with Crippen molar-refractivity contribution in [2.45, 2.75) is 46.0 Å². The van der Waals surface area contributed by atoms with Crippen LogP contribution in [-0.4, -0.2) is 44.0 Å². The summed E-state index contributed by atoms with van der Waals surface area (Å²) in [5.41, 5.74) is -0.123. The minimum Gasteiger partial charge on any atom is -0.396 e. The Balaban J connectivity index is 1.70. The average Bonchev–Trinajstić information content (AvgIpc) is 2.45. The van der Waals surface area contributed by atoms with Gasteiger partial charge in [-0.3, -0.25) is 0 Å². The number of hydrogen-bond donors (Lipinski definition) is 3. The van der Waals surface area contributed by atoms with Crippen LogP contribution in [0.15, 0.2) is 0 Å². The zero-order valence-electron chi connectivity index (χ0n) is 13.4. The molecule has 0 bridgehead atoms. The molecule has 2 aliphatic rings. The lowest BCUT2D eigenvalue weighted by atomic mass is 9.71. The Morgan fingerprint density at radius 1 is 1.24 bits per heavy atom. The largest absolute Gasteiger partial charge is 0.396 e. The molecule has 0 aromatic rings. The van der Waals surface area contributed by atoms with E-state index in [1.54, 1.807) is 0 Å². The molecule has 2 fully saturated rings. The molecule has 122 valence electrons. The number of nitrogens with one attached hydrogen (secondary N) is 2. The summed E-state index contributed by atoms with van der Waals surface area (Å²) >= 11 is 0. The summed E-state index contributed by atoms with van der Waals surface area (Å²) < 4.78 is 5.12. The van der Waals surface area contributed by atoms with Crippen molar-refractivity contribution < 1.29 is 14.6 Å². The van der Waals surface area contributed by atoms with Gasteiger partial charge in [-0.25, -0.2) is 4.79 Å². The third kappa shape index (κ3) is 4.33. The van der Waals surface area contributed by atoms with Gasteiger partial charge in [0.25, 0.3) is 0 Å². The van der Waals surface area contributed by atoms with E-state index >= 15 is 0 Å². The Kier molecular flexibility index (Phi) is 5.49. The molecule has 1 aliphatic carbocycles. The molecule has 0 atom stereocenters. The molecule has 21 heavy (non-hydrogen) atoms. The predicted octanol–water partition coefficient (Wildman–Crippen LogP) is 1.90. The highest BCUT2D eigenvalue weighted by molar-refractivity contribution is 5.73. The van der Waals surface area contributed by atoms with Gasteiger partial charge >= 0.3 is 6.03 Å². The minimum absolute atomic E-state index is 0.0564. The second-order valence-electron chi connectivity index (χ2n) is 7.51. The Labute approximate surface area is 127 Å². The van der Waals surface area contributed by atoms with E-state index in [1.807, 2.05) is 0 Å². The summed E-state index contributed by atoms with van der Waals surface area (Å²) in [5, 5.41) is 15.2. The van der Waals surface area contributed by atoms with Crippen LogP contribution in [0.25, 0.3) is 0 Å². The van der Waals surface area contributed by atoms with Crippen LogP contribution >= 0.6 is 0 Å². The third-order valence-electron chi connectivity index (χ3n) is 5.19. The maximum Gasteiger partial charge on any atom is 0.314 e. The van der Waals surface area contributed by atoms with Crippen LogP contribution in [0.2, 0.25) is 0 Å². The molecule has 1 aliphatic heterocycles. The van der Waals surface area contributed by atoms with Crippen molar-refractivity contribution in [1.82, 2.24) is 10.6 Å². The first-order valence-electron chi connectivity index (χ1n) is 8.18. The van der Waals surface area contributed by atoms with Crippen molar-refractivity contribution in [3.8, 4) is 0 Å². The smallest absolute Gasteiger partial charge is 0.314 e. The van der Waals surface area contributed by atoms with E-state index in [1.165, 1.54) is 32.1 Å². The number of carbonyl (C=O) groups is 1. The van der Waals surface area contributed by atoms with Gasteiger partial charge in [-0.1, -0.05) is 33.1 Å². The van der Waals surface area contributed by atoms with E-state index in [2.05, 4.69) is 24.5 Å². The summed E-state index contributed by atoms with van der Waals surface area (Å²) in [6.45, 7) is 6.78. The maximum atomic E-state index is 11.9. The molecule has 0 radical (unpaired) electrons. The number of rotatable bonds is 6. The molecule has 0 aromatic carbocycles. The van der Waals surface area contributed by atoms with Gasteiger partial charge in [-0.2, -0.15) is 0 Å². The number of aliphatic hydroxyl groups excluding tert-OH is 1. The van der Waals surface area contributed by atoms with Crippen molar-refractivity contribution >= 4 is 6.03 Å². The molecular weight excluding hydrogens is 268 g/mol. The first-order valence-corrected chi connectivity index (χ1v) is 8.18. The van der Waals surface area contributed by atoms with E-state index in [4.69, 9.17) is 4.74 Å². The quantitative estimate of drug-likeness (QED) is 0.701. The number of ether oxygens (including phenoxy) is 1. The second kappa shape index (κ2) is 6.97. The molecule has 2 amide bonds. The van der Waals surface area contributed by atoms with Gasteiger partial charge in [-0.05, 0) is 24.2 Å². The molecule has 1 heterocycles. The fourth-order valence-electron chi connectivity index (χ4n) is 3.31. The van der Waals surface area contributed by atoms with Crippen LogP contribution in [-0.2, 0) is 4.74 Å². The van der Waals surface area contributed by atoms with Crippen molar-refractivity contribution in [3.63, 3.8) is 0 Å². The summed E-state index contributed by atoms with van der Waals surface area (Å²) in [6, 6.07) is -0.140. The summed E-state index contributed by atoms with van der Waals surface area (Å²) in [5.74, 6) is 0.704. The zero-order valence-corrected chi connectivity index (χ0v) is 13.4. The van der Waals surface area contributed by atoms with Crippen molar-refractivity contribution in [2.24, 2.45) is 16.7 Å². The average molecular weight is 298 g/mol. The van der Waals surface area contributed by atoms with E-state index in [9.17, 15) is 9.90 Å². The lowest BCUT2D eigenvalue weighted by Crippen LogP contribution is -2.55. The minimum atomic E-state index is -0.268. The molecular formula is C16H30N2O3. The van der Waals surface area contributed by atoms with Crippen molar-refractivity contribution in [2.75, 3.05) is 32.9 Å². The number of aliphatic hydroxyl groups is 1. The SMILES string of the molecule is CC(C)(CNC(=O)NCC1(CO)COC1)C1CCCCC1. The molecule has 1 saturated carbocycles. The zero-order chi connectivity index (χ0) is 15.3. The highest BCUT2D eigenvalue weighted by atomic mass is 16.5. The van der Waals surface area contributed by atoms with Gasteiger partial charge in [0.05, 0.1) is 25.2 Å². The summed E-state index contributed by atoms with van der Waals surface area (Å²) in [4.78, 5) is 11.9. The molecule has 2 rings (SSSR count). The predicted molar refractivity (Wildman–Crippen MR) is 82.1 cm³/mol. The first-order chi connectivity index (χ1) is 9.97. The van der Waals surface area contributed by atoms with E-state index in [0.717, 1.165) is 0 Å². The lowest BCUT2D eigenvalue weighted by molar-refractivity contribution is -0.132. The Bertz CT molecular complexity index is 342. The number of hydrogen-bond acceptors (Lipinski definition) is 3. The monoisotopic (exact) mass is 298 g/mol. The highest BCUT2D eigenvalue weighted by Crippen LogP contribution is 2.37. The molecule has 1 saturated heterocycles. The van der Waals surface area contributed by atoms with Crippen LogP contribution < -0.4 is 10.6 Å². The fourth-order valence-corrected chi connectivity index (χ4v) is 3.31. The van der Waals surface area contributed by atoms with Gasteiger partial charge in [-0.15, -0.1) is 0 Å². The third-order valence-corrected chi connectivity index (χ3v) is 5.19. The molecule has 5 nitrogen and oxygen atoms in total. The van der Waals surface area contributed by atoms with Crippen LogP contribution in [0.1, 0.15) is 46.0 Å². The number of amides is 2. The molecule has 0 aromatic heterocycles. The van der Waals surface area contributed by atoms with E-state index in [0.29, 0.717) is 32.2 Å². The Hall–Kier alpha value is -0.810. The first kappa shape index (κ1) is 16.6. The van der Waals surface area contributed by atoms with Gasteiger partial charge in [0.2, 0.25) is 0 Å². The topological polar surface area (TPSA) is 70.6 Å². The molecule has 0 spiro atoms. The highest BCUT2D eigenvalue weighted by Gasteiger charge is 2.38. The molecule has 3 N–H and O–H groups in total. The van der Waals surface area contributed by atoms with Crippen LogP contribution in [0.4, 0.5) is 4.79 Å². The second-order valence-corrected chi connectivity index (χ2v) is 7.51. The molecule has 0 unspecified atom stereocenters.